The molecule has 2 rings (SSSR count). The largest absolute Gasteiger partial charge is 0.198 e. The molecular formula is C21H35N. The van der Waals surface area contributed by atoms with Crippen molar-refractivity contribution in [3.05, 3.63) is 12.2 Å². The van der Waals surface area contributed by atoms with Gasteiger partial charge in [-0.2, -0.15) is 5.26 Å². The summed E-state index contributed by atoms with van der Waals surface area (Å²) in [6, 6.07) is 2.47. The van der Waals surface area contributed by atoms with Crippen molar-refractivity contribution in [3.8, 4) is 6.07 Å². The summed E-state index contributed by atoms with van der Waals surface area (Å²) in [5.41, 5.74) is 0. The molecule has 0 bridgehead atoms. The van der Waals surface area contributed by atoms with Gasteiger partial charge in [0.15, 0.2) is 0 Å². The maximum absolute atomic E-state index is 9.02. The van der Waals surface area contributed by atoms with Gasteiger partial charge in [0.05, 0.1) is 6.07 Å². The molecule has 0 aromatic heterocycles. The third-order valence-electron chi connectivity index (χ3n) is 6.07. The minimum Gasteiger partial charge on any atom is -0.198 e. The van der Waals surface area contributed by atoms with Crippen LogP contribution in [0.4, 0.5) is 0 Å². The van der Waals surface area contributed by atoms with Gasteiger partial charge in [-0.15, -0.1) is 0 Å². The van der Waals surface area contributed by atoms with Crippen molar-refractivity contribution < 1.29 is 0 Å². The first-order valence-corrected chi connectivity index (χ1v) is 9.89. The number of rotatable bonds is 7. The summed E-state index contributed by atoms with van der Waals surface area (Å²) in [7, 11) is 0. The van der Waals surface area contributed by atoms with Crippen molar-refractivity contribution in [3.63, 3.8) is 0 Å². The van der Waals surface area contributed by atoms with E-state index in [1.165, 1.54) is 83.5 Å². The molecule has 2 aliphatic carbocycles. The van der Waals surface area contributed by atoms with Crippen LogP contribution in [0.15, 0.2) is 12.2 Å². The summed E-state index contributed by atoms with van der Waals surface area (Å²) in [5.74, 6) is 3.12. The molecule has 0 aromatic rings. The summed E-state index contributed by atoms with van der Waals surface area (Å²) in [4.78, 5) is 0. The lowest BCUT2D eigenvalue weighted by molar-refractivity contribution is 0.168. The van der Waals surface area contributed by atoms with E-state index in [4.69, 9.17) is 5.26 Å². The minimum atomic E-state index is 0.364. The average Bonchev–Trinajstić information content (AvgIpc) is 2.59. The van der Waals surface area contributed by atoms with Crippen LogP contribution in [0.3, 0.4) is 0 Å². The van der Waals surface area contributed by atoms with Gasteiger partial charge in [0.2, 0.25) is 0 Å². The second kappa shape index (κ2) is 10.1. The van der Waals surface area contributed by atoms with E-state index in [-0.39, 0.29) is 0 Å². The highest BCUT2D eigenvalue weighted by molar-refractivity contribution is 4.93. The molecule has 0 amide bonds. The highest BCUT2D eigenvalue weighted by Gasteiger charge is 2.30. The predicted octanol–water partition coefficient (Wildman–Crippen LogP) is 6.65. The molecule has 0 spiro atoms. The molecule has 0 radical (unpaired) electrons. The zero-order valence-electron chi connectivity index (χ0n) is 14.6. The highest BCUT2D eigenvalue weighted by Crippen LogP contribution is 2.41. The summed E-state index contributed by atoms with van der Waals surface area (Å²) in [6.07, 6.45) is 22.4. The predicted molar refractivity (Wildman–Crippen MR) is 94.4 cm³/mol. The molecule has 2 saturated carbocycles. The molecule has 0 saturated heterocycles. The fourth-order valence-electron chi connectivity index (χ4n) is 4.51. The summed E-state index contributed by atoms with van der Waals surface area (Å²) >= 11 is 0. The number of allylic oxidation sites excluding steroid dienone is 2. The Hall–Kier alpha value is -0.770. The van der Waals surface area contributed by atoms with Gasteiger partial charge < -0.3 is 0 Å². The van der Waals surface area contributed by atoms with Crippen molar-refractivity contribution in [2.45, 2.75) is 90.4 Å². The van der Waals surface area contributed by atoms with E-state index in [0.717, 1.165) is 17.8 Å². The Labute approximate surface area is 138 Å². The number of hydrogen-bond donors (Lipinski definition) is 0. The van der Waals surface area contributed by atoms with E-state index in [0.29, 0.717) is 5.92 Å². The van der Waals surface area contributed by atoms with Crippen LogP contribution in [0.1, 0.15) is 90.4 Å². The van der Waals surface area contributed by atoms with Crippen LogP contribution in [0.25, 0.3) is 0 Å². The maximum atomic E-state index is 9.02. The Balaban J connectivity index is 1.60. The van der Waals surface area contributed by atoms with Crippen molar-refractivity contribution in [2.75, 3.05) is 0 Å². The van der Waals surface area contributed by atoms with Crippen LogP contribution in [0.2, 0.25) is 0 Å². The van der Waals surface area contributed by atoms with Crippen LogP contribution in [0.5, 0.6) is 0 Å². The number of hydrogen-bond acceptors (Lipinski definition) is 1. The third-order valence-corrected chi connectivity index (χ3v) is 6.07. The van der Waals surface area contributed by atoms with Crippen molar-refractivity contribution in [2.24, 2.45) is 23.7 Å². The fraction of sp³-hybridized carbons (Fsp3) is 0.857. The van der Waals surface area contributed by atoms with Crippen LogP contribution in [-0.4, -0.2) is 0 Å². The van der Waals surface area contributed by atoms with Crippen LogP contribution < -0.4 is 0 Å². The van der Waals surface area contributed by atoms with Gasteiger partial charge in [-0.25, -0.2) is 0 Å². The molecular weight excluding hydrogens is 266 g/mol. The first kappa shape index (κ1) is 17.6. The SMILES string of the molecule is CCCCCC/C=C/C1CCC(C2CCC(C#N)CC2)CC1. The Bertz CT molecular complexity index is 349. The standard InChI is InChI=1S/C21H35N/c1-2-3-4-5-6-7-8-18-9-13-20(14-10-18)21-15-11-19(17-22)12-16-21/h7-8,18-21H,2-6,9-16H2,1H3/b8-7+. The topological polar surface area (TPSA) is 23.8 Å². The Morgan fingerprint density at radius 2 is 1.50 bits per heavy atom. The quantitative estimate of drug-likeness (QED) is 0.381. The molecule has 0 N–H and O–H groups in total. The van der Waals surface area contributed by atoms with E-state index < -0.39 is 0 Å². The zero-order chi connectivity index (χ0) is 15.6. The lowest BCUT2D eigenvalue weighted by Gasteiger charge is -2.36. The van der Waals surface area contributed by atoms with Crippen molar-refractivity contribution >= 4 is 0 Å². The highest BCUT2D eigenvalue weighted by atomic mass is 14.4. The molecule has 0 aromatic carbocycles. The monoisotopic (exact) mass is 301 g/mol. The van der Waals surface area contributed by atoms with Crippen LogP contribution in [-0.2, 0) is 0 Å². The lowest BCUT2D eigenvalue weighted by atomic mass is 9.69. The normalized spacial score (nSPS) is 32.9. The first-order chi connectivity index (χ1) is 10.8. The Kier molecular flexibility index (Phi) is 8.06. The summed E-state index contributed by atoms with van der Waals surface area (Å²) in [5, 5.41) is 9.02. The molecule has 1 nitrogen and oxygen atoms in total. The van der Waals surface area contributed by atoms with Gasteiger partial charge in [-0.05, 0) is 82.0 Å². The smallest absolute Gasteiger partial charge is 0.0655 e. The molecule has 2 aliphatic rings. The Morgan fingerprint density at radius 1 is 0.864 bits per heavy atom. The van der Waals surface area contributed by atoms with Gasteiger partial charge in [0.25, 0.3) is 0 Å². The zero-order valence-corrected chi connectivity index (χ0v) is 14.6. The van der Waals surface area contributed by atoms with Crippen molar-refractivity contribution in [1.29, 1.82) is 5.26 Å². The molecule has 2 fully saturated rings. The number of nitrogens with zero attached hydrogens (tertiary/aromatic N) is 1. The second-order valence-corrected chi connectivity index (χ2v) is 7.69. The molecule has 22 heavy (non-hydrogen) atoms. The van der Waals surface area contributed by atoms with E-state index in [1.807, 2.05) is 0 Å². The van der Waals surface area contributed by atoms with Gasteiger partial charge >= 0.3 is 0 Å². The van der Waals surface area contributed by atoms with E-state index >= 15 is 0 Å². The summed E-state index contributed by atoms with van der Waals surface area (Å²) < 4.78 is 0. The number of unbranched alkanes of at least 4 members (excludes halogenated alkanes) is 4. The van der Waals surface area contributed by atoms with Crippen LogP contribution in [0, 0.1) is 35.0 Å². The maximum Gasteiger partial charge on any atom is 0.0655 e. The molecule has 1 heteroatoms. The van der Waals surface area contributed by atoms with Gasteiger partial charge in [0.1, 0.15) is 0 Å². The molecule has 124 valence electrons. The van der Waals surface area contributed by atoms with Gasteiger partial charge in [-0.1, -0.05) is 38.3 Å². The van der Waals surface area contributed by atoms with E-state index in [1.54, 1.807) is 0 Å². The van der Waals surface area contributed by atoms with E-state index in [9.17, 15) is 0 Å². The third kappa shape index (κ3) is 5.79. The fourth-order valence-corrected chi connectivity index (χ4v) is 4.51. The molecule has 0 atom stereocenters. The van der Waals surface area contributed by atoms with Crippen LogP contribution >= 0.6 is 0 Å². The minimum absolute atomic E-state index is 0.364. The van der Waals surface area contributed by atoms with Crippen molar-refractivity contribution in [1.82, 2.24) is 0 Å². The average molecular weight is 302 g/mol. The molecule has 0 unspecified atom stereocenters. The van der Waals surface area contributed by atoms with Gasteiger partial charge in [0, 0.05) is 5.92 Å². The lowest BCUT2D eigenvalue weighted by Crippen LogP contribution is -2.25. The second-order valence-electron chi connectivity index (χ2n) is 7.69. The Morgan fingerprint density at radius 3 is 2.09 bits per heavy atom. The molecule has 0 aliphatic heterocycles. The molecule has 0 heterocycles. The first-order valence-electron chi connectivity index (χ1n) is 9.89. The van der Waals surface area contributed by atoms with Gasteiger partial charge in [-0.3, -0.25) is 0 Å². The summed E-state index contributed by atoms with van der Waals surface area (Å²) in [6.45, 7) is 2.28. The van der Waals surface area contributed by atoms with E-state index in [2.05, 4.69) is 25.1 Å². The number of nitriles is 1.